The molecule has 0 radical (unpaired) electrons. The van der Waals surface area contributed by atoms with E-state index < -0.39 is 23.3 Å². The summed E-state index contributed by atoms with van der Waals surface area (Å²) in [4.78, 5) is 23.4. The molecule has 0 saturated carbocycles. The van der Waals surface area contributed by atoms with E-state index in [1.807, 2.05) is 0 Å². The monoisotopic (exact) mass is 260 g/mol. The molecule has 0 saturated heterocycles. The molecule has 1 aliphatic carbocycles. The van der Waals surface area contributed by atoms with Gasteiger partial charge in [0.1, 0.15) is 11.7 Å². The first-order valence-electron chi connectivity index (χ1n) is 5.60. The number of Topliss-reactive ketones (excluding diaryl/α,β-unsaturated/α-hetero) is 1. The second-order valence-corrected chi connectivity index (χ2v) is 4.26. The quantitative estimate of drug-likeness (QED) is 0.712. The molecule has 0 unspecified atom stereocenters. The fourth-order valence-corrected chi connectivity index (χ4v) is 2.00. The van der Waals surface area contributed by atoms with E-state index in [1.54, 1.807) is 18.2 Å². The van der Waals surface area contributed by atoms with Crippen LogP contribution in [0.15, 0.2) is 54.3 Å². The standard InChI is InChI=1S/C14H12O5/c15-10-6-7-11(13(17)18)14(19,8-10)12(16)9-4-2-1-3-5-9/h1-8,11,15,19H,(H,17,18)/t11-,14+/m0/s1. The predicted octanol–water partition coefficient (Wildman–Crippen LogP) is 1.31. The lowest BCUT2D eigenvalue weighted by molar-refractivity contribution is -0.144. The van der Waals surface area contributed by atoms with Gasteiger partial charge in [0, 0.05) is 5.56 Å². The summed E-state index contributed by atoms with van der Waals surface area (Å²) in [6.07, 6.45) is 3.10. The number of aliphatic hydroxyl groups is 2. The highest BCUT2D eigenvalue weighted by Gasteiger charge is 2.47. The molecular weight excluding hydrogens is 248 g/mol. The molecule has 5 nitrogen and oxygen atoms in total. The highest BCUT2D eigenvalue weighted by molar-refractivity contribution is 6.06. The van der Waals surface area contributed by atoms with E-state index in [0.717, 1.165) is 18.2 Å². The minimum absolute atomic E-state index is 0.176. The van der Waals surface area contributed by atoms with Crippen molar-refractivity contribution < 1.29 is 24.9 Å². The molecule has 98 valence electrons. The maximum atomic E-state index is 12.3. The van der Waals surface area contributed by atoms with E-state index in [0.29, 0.717) is 0 Å². The number of carboxylic acids is 1. The van der Waals surface area contributed by atoms with Gasteiger partial charge in [-0.15, -0.1) is 0 Å². The van der Waals surface area contributed by atoms with Gasteiger partial charge in [-0.1, -0.05) is 36.4 Å². The lowest BCUT2D eigenvalue weighted by Gasteiger charge is -2.30. The van der Waals surface area contributed by atoms with Crippen molar-refractivity contribution in [3.63, 3.8) is 0 Å². The fourth-order valence-electron chi connectivity index (χ4n) is 2.00. The maximum Gasteiger partial charge on any atom is 0.314 e. The second kappa shape index (κ2) is 4.70. The molecule has 1 aliphatic rings. The topological polar surface area (TPSA) is 94.8 Å². The van der Waals surface area contributed by atoms with Gasteiger partial charge in [0.05, 0.1) is 0 Å². The van der Waals surface area contributed by atoms with Crippen molar-refractivity contribution in [1.29, 1.82) is 0 Å². The van der Waals surface area contributed by atoms with Crippen LogP contribution >= 0.6 is 0 Å². The van der Waals surface area contributed by atoms with Crippen LogP contribution in [0, 0.1) is 5.92 Å². The number of carbonyl (C=O) groups excluding carboxylic acids is 1. The Balaban J connectivity index is 2.47. The zero-order valence-corrected chi connectivity index (χ0v) is 9.85. The second-order valence-electron chi connectivity index (χ2n) is 4.26. The van der Waals surface area contributed by atoms with Crippen LogP contribution < -0.4 is 0 Å². The van der Waals surface area contributed by atoms with Crippen molar-refractivity contribution in [2.24, 2.45) is 5.92 Å². The van der Waals surface area contributed by atoms with E-state index in [1.165, 1.54) is 12.1 Å². The third kappa shape index (κ3) is 2.28. The number of rotatable bonds is 3. The number of hydrogen-bond donors (Lipinski definition) is 3. The zero-order valence-electron chi connectivity index (χ0n) is 9.85. The average molecular weight is 260 g/mol. The number of allylic oxidation sites excluding steroid dienone is 1. The number of aliphatic carboxylic acids is 1. The molecule has 0 amide bonds. The van der Waals surface area contributed by atoms with Crippen LogP contribution in [-0.4, -0.2) is 32.7 Å². The minimum atomic E-state index is -2.29. The maximum absolute atomic E-state index is 12.3. The molecule has 5 heteroatoms. The van der Waals surface area contributed by atoms with E-state index in [4.69, 9.17) is 5.11 Å². The normalized spacial score (nSPS) is 25.7. The number of ketones is 1. The van der Waals surface area contributed by atoms with Crippen molar-refractivity contribution >= 4 is 11.8 Å². The Hall–Kier alpha value is -2.40. The summed E-state index contributed by atoms with van der Waals surface area (Å²) >= 11 is 0. The zero-order chi connectivity index (χ0) is 14.0. The molecule has 0 fully saturated rings. The van der Waals surface area contributed by atoms with Crippen molar-refractivity contribution in [2.45, 2.75) is 5.60 Å². The summed E-state index contributed by atoms with van der Waals surface area (Å²) in [5, 5.41) is 28.9. The molecule has 2 rings (SSSR count). The van der Waals surface area contributed by atoms with Gasteiger partial charge in [-0.3, -0.25) is 9.59 Å². The van der Waals surface area contributed by atoms with E-state index in [9.17, 15) is 19.8 Å². The fraction of sp³-hybridized carbons (Fsp3) is 0.143. The molecule has 2 atom stereocenters. The lowest BCUT2D eigenvalue weighted by Crippen LogP contribution is -2.48. The SMILES string of the molecule is O=C(O)[C@@H]1C=CC(O)=C[C@]1(O)C(=O)c1ccccc1. The van der Waals surface area contributed by atoms with Crippen LogP contribution in [0.1, 0.15) is 10.4 Å². The van der Waals surface area contributed by atoms with Crippen LogP contribution in [0.2, 0.25) is 0 Å². The van der Waals surface area contributed by atoms with Gasteiger partial charge in [-0.2, -0.15) is 0 Å². The Morgan fingerprint density at radius 1 is 1.16 bits per heavy atom. The third-order valence-electron chi connectivity index (χ3n) is 2.97. The highest BCUT2D eigenvalue weighted by atomic mass is 16.4. The molecule has 1 aromatic rings. The van der Waals surface area contributed by atoms with Crippen LogP contribution in [0.3, 0.4) is 0 Å². The van der Waals surface area contributed by atoms with Crippen LogP contribution in [0.4, 0.5) is 0 Å². The average Bonchev–Trinajstić information content (AvgIpc) is 2.38. The lowest BCUT2D eigenvalue weighted by atomic mass is 9.78. The Morgan fingerprint density at radius 2 is 1.79 bits per heavy atom. The predicted molar refractivity (Wildman–Crippen MR) is 66.7 cm³/mol. The Bertz CT molecular complexity index is 573. The molecule has 19 heavy (non-hydrogen) atoms. The molecule has 0 aliphatic heterocycles. The summed E-state index contributed by atoms with van der Waals surface area (Å²) in [6.45, 7) is 0. The summed E-state index contributed by atoms with van der Waals surface area (Å²) in [6, 6.07) is 7.86. The summed E-state index contributed by atoms with van der Waals surface area (Å²) in [5.41, 5.74) is -2.11. The summed E-state index contributed by atoms with van der Waals surface area (Å²) in [7, 11) is 0. The van der Waals surface area contributed by atoms with Crippen LogP contribution in [0.5, 0.6) is 0 Å². The van der Waals surface area contributed by atoms with E-state index >= 15 is 0 Å². The summed E-state index contributed by atoms with van der Waals surface area (Å²) in [5.74, 6) is -3.89. The van der Waals surface area contributed by atoms with Gasteiger partial charge in [0.2, 0.25) is 0 Å². The number of carbonyl (C=O) groups is 2. The van der Waals surface area contributed by atoms with Gasteiger partial charge in [-0.05, 0) is 12.2 Å². The third-order valence-corrected chi connectivity index (χ3v) is 2.97. The highest BCUT2D eigenvalue weighted by Crippen LogP contribution is 2.30. The van der Waals surface area contributed by atoms with Gasteiger partial charge in [0.25, 0.3) is 0 Å². The van der Waals surface area contributed by atoms with Gasteiger partial charge in [-0.25, -0.2) is 0 Å². The molecule has 0 aromatic heterocycles. The largest absolute Gasteiger partial charge is 0.508 e. The van der Waals surface area contributed by atoms with E-state index in [-0.39, 0.29) is 11.3 Å². The van der Waals surface area contributed by atoms with Gasteiger partial charge < -0.3 is 15.3 Å². The van der Waals surface area contributed by atoms with Crippen molar-refractivity contribution in [2.75, 3.05) is 0 Å². The molecule has 3 N–H and O–H groups in total. The number of carboxylic acid groups (broad SMARTS) is 1. The molecule has 0 heterocycles. The first kappa shape index (κ1) is 13.0. The van der Waals surface area contributed by atoms with Crippen molar-refractivity contribution in [3.05, 3.63) is 59.9 Å². The smallest absolute Gasteiger partial charge is 0.314 e. The Morgan fingerprint density at radius 3 is 2.37 bits per heavy atom. The van der Waals surface area contributed by atoms with Crippen LogP contribution in [0.25, 0.3) is 0 Å². The van der Waals surface area contributed by atoms with Crippen molar-refractivity contribution in [1.82, 2.24) is 0 Å². The minimum Gasteiger partial charge on any atom is -0.508 e. The first-order chi connectivity index (χ1) is 8.95. The molecule has 1 aromatic carbocycles. The number of benzene rings is 1. The molecule has 0 spiro atoms. The first-order valence-corrected chi connectivity index (χ1v) is 5.60. The number of aliphatic hydroxyl groups excluding tert-OH is 1. The molecular formula is C14H12O5. The summed E-state index contributed by atoms with van der Waals surface area (Å²) < 4.78 is 0. The Kier molecular flexibility index (Phi) is 3.23. The van der Waals surface area contributed by atoms with Crippen molar-refractivity contribution in [3.8, 4) is 0 Å². The van der Waals surface area contributed by atoms with E-state index in [2.05, 4.69) is 0 Å². The van der Waals surface area contributed by atoms with Gasteiger partial charge >= 0.3 is 5.97 Å². The Labute approximate surface area is 109 Å². The van der Waals surface area contributed by atoms with Gasteiger partial charge in [0.15, 0.2) is 11.4 Å². The number of hydrogen-bond acceptors (Lipinski definition) is 4. The molecule has 0 bridgehead atoms. The van der Waals surface area contributed by atoms with Crippen LogP contribution in [-0.2, 0) is 4.79 Å².